The highest BCUT2D eigenvalue weighted by Crippen LogP contribution is 2.55. The zero-order valence-corrected chi connectivity index (χ0v) is 19.2. The van der Waals surface area contributed by atoms with Gasteiger partial charge in [0.05, 0.1) is 27.0 Å². The Morgan fingerprint density at radius 3 is 2.26 bits per heavy atom. The number of nitrogens with one attached hydrogen (secondary N) is 1. The Labute approximate surface area is 184 Å². The molecule has 5 heteroatoms. The minimum Gasteiger partial charge on any atom is -0.493 e. The summed E-state index contributed by atoms with van der Waals surface area (Å²) < 4.78 is 17.1. The summed E-state index contributed by atoms with van der Waals surface area (Å²) in [6.07, 6.45) is 2.31. The van der Waals surface area contributed by atoms with Crippen LogP contribution in [0.2, 0.25) is 0 Å². The summed E-state index contributed by atoms with van der Waals surface area (Å²) >= 11 is 0. The summed E-state index contributed by atoms with van der Waals surface area (Å²) in [5.41, 5.74) is 5.89. The molecule has 2 aromatic carbocycles. The molecule has 1 N–H and O–H groups in total. The molecule has 0 spiro atoms. The lowest BCUT2D eigenvalue weighted by molar-refractivity contribution is -0.118. The van der Waals surface area contributed by atoms with Crippen molar-refractivity contribution in [3.05, 3.63) is 58.3 Å². The molecule has 1 atom stereocenters. The summed E-state index contributed by atoms with van der Waals surface area (Å²) in [6.45, 7) is 6.43. The van der Waals surface area contributed by atoms with Crippen LogP contribution < -0.4 is 19.5 Å². The molecule has 164 valence electrons. The number of ether oxygens (including phenoxy) is 3. The molecule has 0 bridgehead atoms. The lowest BCUT2D eigenvalue weighted by Gasteiger charge is -2.40. The van der Waals surface area contributed by atoms with Gasteiger partial charge in [0.15, 0.2) is 17.3 Å². The molecule has 1 aliphatic heterocycles. The fourth-order valence-corrected chi connectivity index (χ4v) is 4.94. The Morgan fingerprint density at radius 1 is 1.00 bits per heavy atom. The van der Waals surface area contributed by atoms with E-state index in [0.29, 0.717) is 23.7 Å². The molecule has 0 saturated heterocycles. The predicted octanol–water partition coefficient (Wildman–Crippen LogP) is 5.48. The number of ketones is 1. The van der Waals surface area contributed by atoms with Crippen LogP contribution in [0.4, 0.5) is 5.69 Å². The number of carbonyl (C=O) groups excluding carboxylic acids is 1. The van der Waals surface area contributed by atoms with Gasteiger partial charge in [0.1, 0.15) is 0 Å². The third kappa shape index (κ3) is 3.56. The Hall–Kier alpha value is -2.95. The van der Waals surface area contributed by atoms with Crippen LogP contribution in [-0.2, 0) is 11.2 Å². The Bertz CT molecular complexity index is 1050. The first kappa shape index (κ1) is 21.3. The maximum absolute atomic E-state index is 13.4. The Morgan fingerprint density at radius 2 is 1.68 bits per heavy atom. The summed E-state index contributed by atoms with van der Waals surface area (Å²) in [7, 11) is 4.85. The summed E-state index contributed by atoms with van der Waals surface area (Å²) in [6, 6.07) is 10.5. The Kier molecular flexibility index (Phi) is 5.46. The number of Topliss-reactive ketones (excluding diaryl/α,β-unsaturated/α-hetero) is 1. The van der Waals surface area contributed by atoms with E-state index in [-0.39, 0.29) is 17.1 Å². The quantitative estimate of drug-likeness (QED) is 0.693. The van der Waals surface area contributed by atoms with Crippen molar-refractivity contribution in [2.75, 3.05) is 26.6 Å². The molecule has 0 saturated carbocycles. The maximum atomic E-state index is 13.4. The van der Waals surface area contributed by atoms with Gasteiger partial charge in [0.2, 0.25) is 5.75 Å². The van der Waals surface area contributed by atoms with Crippen LogP contribution in [0.3, 0.4) is 0 Å². The molecule has 0 aromatic heterocycles. The van der Waals surface area contributed by atoms with Gasteiger partial charge in [-0.05, 0) is 29.4 Å². The smallest absolute Gasteiger partial charge is 0.203 e. The molecular formula is C26H31NO4. The minimum atomic E-state index is -0.226. The van der Waals surface area contributed by atoms with Gasteiger partial charge in [-0.25, -0.2) is 0 Å². The molecule has 0 unspecified atom stereocenters. The van der Waals surface area contributed by atoms with Gasteiger partial charge in [0.25, 0.3) is 0 Å². The first-order valence-electron chi connectivity index (χ1n) is 10.8. The zero-order chi connectivity index (χ0) is 22.3. The number of methoxy groups -OCH3 is 3. The molecule has 1 heterocycles. The second-order valence-corrected chi connectivity index (χ2v) is 9.09. The van der Waals surface area contributed by atoms with Crippen molar-refractivity contribution in [3.63, 3.8) is 0 Å². The molecule has 0 fully saturated rings. The zero-order valence-electron chi connectivity index (χ0n) is 19.2. The monoisotopic (exact) mass is 421 g/mol. The number of aryl methyl sites for hydroxylation is 1. The van der Waals surface area contributed by atoms with E-state index in [4.69, 9.17) is 14.2 Å². The fourth-order valence-electron chi connectivity index (χ4n) is 4.94. The van der Waals surface area contributed by atoms with E-state index in [1.807, 2.05) is 6.07 Å². The van der Waals surface area contributed by atoms with Crippen LogP contribution >= 0.6 is 0 Å². The third-order valence-electron chi connectivity index (χ3n) is 6.37. The average molecular weight is 422 g/mol. The number of rotatable bonds is 5. The van der Waals surface area contributed by atoms with Crippen LogP contribution in [0.25, 0.3) is 0 Å². The largest absolute Gasteiger partial charge is 0.493 e. The van der Waals surface area contributed by atoms with Crippen LogP contribution in [-0.4, -0.2) is 27.1 Å². The van der Waals surface area contributed by atoms with Crippen molar-refractivity contribution in [1.82, 2.24) is 0 Å². The molecule has 5 nitrogen and oxygen atoms in total. The molecule has 0 radical (unpaired) electrons. The standard InChI is InChI=1S/C26H31NO4/c1-7-15-8-10-16(11-9-15)21-22-18(13-26(2,3)14-19(22)28)27-17-12-20(29-4)24(30-5)25(31-6)23(17)21/h8-12,21,27H,7,13-14H2,1-6H3/t21-/m0/s1. The second-order valence-electron chi connectivity index (χ2n) is 9.09. The fraction of sp³-hybridized carbons (Fsp3) is 0.423. The molecule has 4 rings (SSSR count). The number of fused-ring (bicyclic) bond motifs is 1. The van der Waals surface area contributed by atoms with E-state index in [1.165, 1.54) is 5.56 Å². The number of carbonyl (C=O) groups is 1. The second kappa shape index (κ2) is 7.95. The lowest BCUT2D eigenvalue weighted by Crippen LogP contribution is -2.34. The van der Waals surface area contributed by atoms with Crippen LogP contribution in [0, 0.1) is 5.41 Å². The number of anilines is 1. The van der Waals surface area contributed by atoms with Gasteiger partial charge in [-0.2, -0.15) is 0 Å². The summed E-state index contributed by atoms with van der Waals surface area (Å²) in [4.78, 5) is 13.4. The van der Waals surface area contributed by atoms with E-state index in [9.17, 15) is 4.79 Å². The topological polar surface area (TPSA) is 56.8 Å². The van der Waals surface area contributed by atoms with Crippen molar-refractivity contribution >= 4 is 11.5 Å². The van der Waals surface area contributed by atoms with Crippen molar-refractivity contribution in [3.8, 4) is 17.2 Å². The van der Waals surface area contributed by atoms with E-state index in [2.05, 4.69) is 50.4 Å². The number of allylic oxidation sites excluding steroid dienone is 2. The van der Waals surface area contributed by atoms with E-state index < -0.39 is 0 Å². The molecular weight excluding hydrogens is 390 g/mol. The number of hydrogen-bond donors (Lipinski definition) is 1. The van der Waals surface area contributed by atoms with Gasteiger partial charge in [0, 0.05) is 35.2 Å². The predicted molar refractivity (Wildman–Crippen MR) is 122 cm³/mol. The van der Waals surface area contributed by atoms with Crippen molar-refractivity contribution in [2.45, 2.75) is 46.0 Å². The SMILES string of the molecule is CCc1ccc([C@H]2C3=C(CC(C)(C)CC3=O)Nc3cc(OC)c(OC)c(OC)c32)cc1. The molecule has 31 heavy (non-hydrogen) atoms. The summed E-state index contributed by atoms with van der Waals surface area (Å²) in [5.74, 6) is 1.68. The van der Waals surface area contributed by atoms with Crippen molar-refractivity contribution < 1.29 is 19.0 Å². The van der Waals surface area contributed by atoms with E-state index in [0.717, 1.165) is 40.9 Å². The number of hydrogen-bond acceptors (Lipinski definition) is 5. The van der Waals surface area contributed by atoms with E-state index in [1.54, 1.807) is 21.3 Å². The molecule has 2 aromatic rings. The van der Waals surface area contributed by atoms with Gasteiger partial charge in [-0.15, -0.1) is 0 Å². The van der Waals surface area contributed by atoms with Crippen LogP contribution in [0.5, 0.6) is 17.2 Å². The highest BCUT2D eigenvalue weighted by molar-refractivity contribution is 6.02. The van der Waals surface area contributed by atoms with Gasteiger partial charge >= 0.3 is 0 Å². The van der Waals surface area contributed by atoms with E-state index >= 15 is 0 Å². The molecule has 1 aliphatic carbocycles. The van der Waals surface area contributed by atoms with Gasteiger partial charge in [-0.1, -0.05) is 45.0 Å². The lowest BCUT2D eigenvalue weighted by atomic mass is 9.68. The Balaban J connectivity index is 2.01. The minimum absolute atomic E-state index is 0.0856. The number of benzene rings is 2. The summed E-state index contributed by atoms with van der Waals surface area (Å²) in [5, 5.41) is 3.55. The van der Waals surface area contributed by atoms with Crippen LogP contribution in [0.15, 0.2) is 41.6 Å². The van der Waals surface area contributed by atoms with Gasteiger partial charge < -0.3 is 19.5 Å². The highest BCUT2D eigenvalue weighted by atomic mass is 16.5. The molecule has 0 amide bonds. The highest BCUT2D eigenvalue weighted by Gasteiger charge is 2.43. The first-order valence-corrected chi connectivity index (χ1v) is 10.8. The maximum Gasteiger partial charge on any atom is 0.203 e. The van der Waals surface area contributed by atoms with Gasteiger partial charge in [-0.3, -0.25) is 4.79 Å². The first-order chi connectivity index (χ1) is 14.8. The average Bonchev–Trinajstić information content (AvgIpc) is 2.75. The van der Waals surface area contributed by atoms with Crippen molar-refractivity contribution in [2.24, 2.45) is 5.41 Å². The normalized spacial score (nSPS) is 19.3. The molecule has 2 aliphatic rings. The van der Waals surface area contributed by atoms with Crippen molar-refractivity contribution in [1.29, 1.82) is 0 Å². The third-order valence-corrected chi connectivity index (χ3v) is 6.37. The van der Waals surface area contributed by atoms with Crippen LogP contribution in [0.1, 0.15) is 56.2 Å².